The number of hydrogen-bond donors (Lipinski definition) is 1. The molecule has 9 nitrogen and oxygen atoms in total. The summed E-state index contributed by atoms with van der Waals surface area (Å²) in [5.41, 5.74) is 2.08. The molecule has 2 aromatic heterocycles. The molecule has 1 aromatic carbocycles. The van der Waals surface area contributed by atoms with Gasteiger partial charge in [0.2, 0.25) is 5.88 Å². The van der Waals surface area contributed by atoms with E-state index in [1.54, 1.807) is 33.1 Å². The lowest BCUT2D eigenvalue weighted by Crippen LogP contribution is -2.16. The van der Waals surface area contributed by atoms with Crippen molar-refractivity contribution >= 4 is 11.7 Å². The lowest BCUT2D eigenvalue weighted by molar-refractivity contribution is 0.0511. The lowest BCUT2D eigenvalue weighted by Gasteiger charge is -2.11. The Morgan fingerprint density at radius 2 is 1.93 bits per heavy atom. The van der Waals surface area contributed by atoms with Crippen molar-refractivity contribution in [2.45, 2.75) is 13.8 Å². The smallest absolute Gasteiger partial charge is 0.262 e. The SMILES string of the molecule is COCOc1ccc(-c2ncc(OC)nc2NC(=O)c2c(C)noc2C)cc1. The maximum Gasteiger partial charge on any atom is 0.262 e. The van der Waals surface area contributed by atoms with E-state index in [9.17, 15) is 4.79 Å². The summed E-state index contributed by atoms with van der Waals surface area (Å²) < 4.78 is 20.5. The maximum absolute atomic E-state index is 12.7. The molecule has 0 spiro atoms. The molecule has 3 aromatic rings. The quantitative estimate of drug-likeness (QED) is 0.619. The third-order valence-electron chi connectivity index (χ3n) is 3.92. The van der Waals surface area contributed by atoms with Crippen LogP contribution in [0.3, 0.4) is 0 Å². The first-order valence-corrected chi connectivity index (χ1v) is 8.41. The van der Waals surface area contributed by atoms with Crippen molar-refractivity contribution in [2.75, 3.05) is 26.3 Å². The minimum atomic E-state index is -0.389. The molecule has 3 rings (SSSR count). The Labute approximate surface area is 161 Å². The molecule has 0 atom stereocenters. The van der Waals surface area contributed by atoms with Crippen LogP contribution in [0.1, 0.15) is 21.8 Å². The van der Waals surface area contributed by atoms with E-state index in [1.807, 2.05) is 12.1 Å². The number of aromatic nitrogens is 3. The maximum atomic E-state index is 12.7. The first-order chi connectivity index (χ1) is 13.5. The lowest BCUT2D eigenvalue weighted by atomic mass is 10.1. The van der Waals surface area contributed by atoms with Gasteiger partial charge in [0.25, 0.3) is 5.91 Å². The minimum absolute atomic E-state index is 0.153. The van der Waals surface area contributed by atoms with E-state index in [2.05, 4.69) is 20.4 Å². The summed E-state index contributed by atoms with van der Waals surface area (Å²) in [5, 5.41) is 6.58. The molecule has 0 aliphatic carbocycles. The molecule has 0 aliphatic rings. The largest absolute Gasteiger partial charge is 0.480 e. The fourth-order valence-electron chi connectivity index (χ4n) is 2.58. The van der Waals surface area contributed by atoms with Gasteiger partial charge in [-0.3, -0.25) is 4.79 Å². The average Bonchev–Trinajstić information content (AvgIpc) is 3.05. The molecule has 1 N–H and O–H groups in total. The highest BCUT2D eigenvalue weighted by Gasteiger charge is 2.20. The van der Waals surface area contributed by atoms with Gasteiger partial charge in [0.15, 0.2) is 12.6 Å². The third kappa shape index (κ3) is 4.09. The van der Waals surface area contributed by atoms with Crippen LogP contribution in [-0.4, -0.2) is 42.0 Å². The fourth-order valence-corrected chi connectivity index (χ4v) is 2.58. The number of aryl methyl sites for hydroxylation is 2. The zero-order valence-corrected chi connectivity index (χ0v) is 16.0. The van der Waals surface area contributed by atoms with Gasteiger partial charge in [-0.15, -0.1) is 0 Å². The number of nitrogens with one attached hydrogen (secondary N) is 1. The number of methoxy groups -OCH3 is 2. The van der Waals surface area contributed by atoms with Crippen LogP contribution >= 0.6 is 0 Å². The Bertz CT molecular complexity index is 949. The van der Waals surface area contributed by atoms with Crippen molar-refractivity contribution in [1.29, 1.82) is 0 Å². The Morgan fingerprint density at radius 3 is 2.54 bits per heavy atom. The number of carbonyl (C=O) groups is 1. The van der Waals surface area contributed by atoms with Crippen LogP contribution < -0.4 is 14.8 Å². The number of nitrogens with zero attached hydrogens (tertiary/aromatic N) is 3. The van der Waals surface area contributed by atoms with E-state index in [-0.39, 0.29) is 24.4 Å². The van der Waals surface area contributed by atoms with Crippen molar-refractivity contribution in [3.63, 3.8) is 0 Å². The number of hydrogen-bond acceptors (Lipinski definition) is 8. The second-order valence-corrected chi connectivity index (χ2v) is 5.84. The van der Waals surface area contributed by atoms with Gasteiger partial charge in [0.1, 0.15) is 22.8 Å². The Hall–Kier alpha value is -3.46. The molecule has 9 heteroatoms. The predicted octanol–water partition coefficient (Wildman–Crippen LogP) is 2.99. The van der Waals surface area contributed by atoms with Crippen LogP contribution in [-0.2, 0) is 4.74 Å². The third-order valence-corrected chi connectivity index (χ3v) is 3.92. The second kappa shape index (κ2) is 8.49. The average molecular weight is 384 g/mol. The van der Waals surface area contributed by atoms with E-state index in [0.717, 1.165) is 5.56 Å². The molecular formula is C19H20N4O5. The highest BCUT2D eigenvalue weighted by Crippen LogP contribution is 2.28. The van der Waals surface area contributed by atoms with Gasteiger partial charge in [-0.25, -0.2) is 4.98 Å². The minimum Gasteiger partial charge on any atom is -0.480 e. The molecule has 0 fully saturated rings. The molecule has 0 saturated heterocycles. The van der Waals surface area contributed by atoms with Gasteiger partial charge < -0.3 is 24.1 Å². The van der Waals surface area contributed by atoms with Crippen LogP contribution in [0.4, 0.5) is 5.82 Å². The Balaban J connectivity index is 1.93. The molecule has 0 bridgehead atoms. The topological polar surface area (TPSA) is 109 Å². The van der Waals surface area contributed by atoms with Gasteiger partial charge in [0, 0.05) is 12.7 Å². The zero-order valence-electron chi connectivity index (χ0n) is 16.0. The van der Waals surface area contributed by atoms with Gasteiger partial charge in [0.05, 0.1) is 19.0 Å². The number of rotatable bonds is 7. The molecule has 0 aliphatic heterocycles. The van der Waals surface area contributed by atoms with Crippen LogP contribution in [0.5, 0.6) is 11.6 Å². The van der Waals surface area contributed by atoms with Crippen LogP contribution in [0.2, 0.25) is 0 Å². The molecule has 28 heavy (non-hydrogen) atoms. The summed E-state index contributed by atoms with van der Waals surface area (Å²) in [5.74, 6) is 1.22. The van der Waals surface area contributed by atoms with E-state index in [1.165, 1.54) is 13.3 Å². The van der Waals surface area contributed by atoms with Crippen molar-refractivity contribution in [2.24, 2.45) is 0 Å². The number of anilines is 1. The molecule has 0 unspecified atom stereocenters. The summed E-state index contributed by atoms with van der Waals surface area (Å²) in [4.78, 5) is 21.4. The molecule has 1 amide bonds. The number of amides is 1. The molecule has 146 valence electrons. The highest BCUT2D eigenvalue weighted by molar-refractivity contribution is 6.06. The van der Waals surface area contributed by atoms with E-state index in [4.69, 9.17) is 18.7 Å². The van der Waals surface area contributed by atoms with Crippen molar-refractivity contribution in [3.8, 4) is 22.9 Å². The van der Waals surface area contributed by atoms with Crippen LogP contribution in [0.25, 0.3) is 11.3 Å². The summed E-state index contributed by atoms with van der Waals surface area (Å²) in [6.45, 7) is 3.52. The summed E-state index contributed by atoms with van der Waals surface area (Å²) >= 11 is 0. The second-order valence-electron chi connectivity index (χ2n) is 5.84. The molecular weight excluding hydrogens is 364 g/mol. The number of benzene rings is 1. The number of ether oxygens (including phenoxy) is 3. The summed E-state index contributed by atoms with van der Waals surface area (Å²) in [6, 6.07) is 7.18. The Morgan fingerprint density at radius 1 is 1.18 bits per heavy atom. The standard InChI is InChI=1S/C19H20N4O5/c1-11-16(12(2)28-23-11)19(24)22-18-17(20-9-15(21-18)26-4)13-5-7-14(8-6-13)27-10-25-3/h5-9H,10H2,1-4H3,(H,21,22,24). The normalized spacial score (nSPS) is 10.6. The zero-order chi connectivity index (χ0) is 20.1. The Kier molecular flexibility index (Phi) is 5.85. The van der Waals surface area contributed by atoms with Crippen molar-refractivity contribution in [1.82, 2.24) is 15.1 Å². The van der Waals surface area contributed by atoms with Crippen LogP contribution in [0, 0.1) is 13.8 Å². The van der Waals surface area contributed by atoms with Gasteiger partial charge in [-0.2, -0.15) is 4.98 Å². The fraction of sp³-hybridized carbons (Fsp3) is 0.263. The molecule has 0 radical (unpaired) electrons. The van der Waals surface area contributed by atoms with Crippen molar-refractivity contribution < 1.29 is 23.5 Å². The van der Waals surface area contributed by atoms with E-state index >= 15 is 0 Å². The predicted molar refractivity (Wildman–Crippen MR) is 100 cm³/mol. The van der Waals surface area contributed by atoms with Gasteiger partial charge >= 0.3 is 0 Å². The van der Waals surface area contributed by atoms with Crippen LogP contribution in [0.15, 0.2) is 35.0 Å². The van der Waals surface area contributed by atoms with Gasteiger partial charge in [-0.05, 0) is 38.1 Å². The number of carbonyl (C=O) groups excluding carboxylic acids is 1. The summed E-state index contributed by atoms with van der Waals surface area (Å²) in [6.07, 6.45) is 1.48. The first kappa shape index (κ1) is 19.3. The van der Waals surface area contributed by atoms with Gasteiger partial charge in [-0.1, -0.05) is 5.16 Å². The summed E-state index contributed by atoms with van der Waals surface area (Å²) in [7, 11) is 3.03. The van der Waals surface area contributed by atoms with E-state index < -0.39 is 0 Å². The monoisotopic (exact) mass is 384 g/mol. The van der Waals surface area contributed by atoms with E-state index in [0.29, 0.717) is 28.5 Å². The molecule has 0 saturated carbocycles. The van der Waals surface area contributed by atoms with Crippen molar-refractivity contribution in [3.05, 3.63) is 47.5 Å². The highest BCUT2D eigenvalue weighted by atomic mass is 16.7. The first-order valence-electron chi connectivity index (χ1n) is 8.41. The molecule has 2 heterocycles.